The van der Waals surface area contributed by atoms with Crippen LogP contribution in [0.3, 0.4) is 0 Å². The Hall–Kier alpha value is -1.10. The summed E-state index contributed by atoms with van der Waals surface area (Å²) in [6.07, 6.45) is 2.66. The van der Waals surface area contributed by atoms with Crippen LogP contribution in [-0.4, -0.2) is 46.6 Å². The summed E-state index contributed by atoms with van der Waals surface area (Å²) < 4.78 is 0. The number of hydrogen-bond acceptors (Lipinski definition) is 3. The van der Waals surface area contributed by atoms with Gasteiger partial charge in [-0.1, -0.05) is 13.8 Å². The normalized spacial score (nSPS) is 25.5. The van der Waals surface area contributed by atoms with Crippen LogP contribution in [0.25, 0.3) is 0 Å². The van der Waals surface area contributed by atoms with E-state index in [1.807, 2.05) is 13.8 Å². The van der Waals surface area contributed by atoms with Gasteiger partial charge in [0.15, 0.2) is 0 Å². The van der Waals surface area contributed by atoms with Gasteiger partial charge in [-0.2, -0.15) is 0 Å². The molecule has 1 amide bonds. The minimum absolute atomic E-state index is 0.186. The van der Waals surface area contributed by atoms with E-state index in [2.05, 4.69) is 24.1 Å². The number of hydrogen-bond donors (Lipinski definition) is 2. The zero-order valence-corrected chi connectivity index (χ0v) is 12.3. The van der Waals surface area contributed by atoms with E-state index >= 15 is 0 Å². The fourth-order valence-corrected chi connectivity index (χ4v) is 2.66. The fourth-order valence-electron chi connectivity index (χ4n) is 2.66. The molecule has 0 aromatic carbocycles. The van der Waals surface area contributed by atoms with Gasteiger partial charge in [-0.15, -0.1) is 0 Å². The number of carboxylic acids is 1. The van der Waals surface area contributed by atoms with E-state index < -0.39 is 12.0 Å². The summed E-state index contributed by atoms with van der Waals surface area (Å²) >= 11 is 0. The first kappa shape index (κ1) is 16.0. The van der Waals surface area contributed by atoms with E-state index in [-0.39, 0.29) is 11.8 Å². The number of nitrogens with zero attached hydrogens (tertiary/aromatic N) is 1. The minimum Gasteiger partial charge on any atom is -0.480 e. The maximum atomic E-state index is 12.0. The third kappa shape index (κ3) is 4.82. The van der Waals surface area contributed by atoms with Gasteiger partial charge in [-0.05, 0) is 39.0 Å². The van der Waals surface area contributed by atoms with Gasteiger partial charge in [0.25, 0.3) is 0 Å². The molecule has 3 atom stereocenters. The van der Waals surface area contributed by atoms with Gasteiger partial charge < -0.3 is 10.4 Å². The van der Waals surface area contributed by atoms with E-state index in [0.29, 0.717) is 25.0 Å². The van der Waals surface area contributed by atoms with Gasteiger partial charge in [-0.25, -0.2) is 4.79 Å². The molecule has 5 nitrogen and oxygen atoms in total. The number of likely N-dealkylation sites (tertiary alicyclic amines) is 1. The lowest BCUT2D eigenvalue weighted by atomic mass is 10.0. The Morgan fingerprint density at radius 1 is 1.26 bits per heavy atom. The van der Waals surface area contributed by atoms with Gasteiger partial charge >= 0.3 is 5.97 Å². The predicted octanol–water partition coefficient (Wildman–Crippen LogP) is 1.47. The molecule has 5 heteroatoms. The van der Waals surface area contributed by atoms with Crippen molar-refractivity contribution in [2.75, 3.05) is 6.54 Å². The molecule has 0 saturated carbocycles. The van der Waals surface area contributed by atoms with Crippen molar-refractivity contribution in [2.24, 2.45) is 5.92 Å². The summed E-state index contributed by atoms with van der Waals surface area (Å²) in [4.78, 5) is 25.2. The van der Waals surface area contributed by atoms with Crippen molar-refractivity contribution in [3.63, 3.8) is 0 Å². The fraction of sp³-hybridized carbons (Fsp3) is 0.857. The molecule has 2 N–H and O–H groups in total. The Kier molecular flexibility index (Phi) is 5.79. The van der Waals surface area contributed by atoms with Crippen LogP contribution in [-0.2, 0) is 9.59 Å². The zero-order valence-electron chi connectivity index (χ0n) is 12.3. The van der Waals surface area contributed by atoms with Gasteiger partial charge in [-0.3, -0.25) is 9.69 Å². The summed E-state index contributed by atoms with van der Waals surface area (Å²) in [5, 5.41) is 11.7. The van der Waals surface area contributed by atoms with Crippen LogP contribution >= 0.6 is 0 Å². The van der Waals surface area contributed by atoms with E-state index in [4.69, 9.17) is 5.11 Å². The molecule has 1 fully saturated rings. The topological polar surface area (TPSA) is 69.6 Å². The van der Waals surface area contributed by atoms with Crippen LogP contribution in [0.4, 0.5) is 0 Å². The molecular formula is C14H26N2O3. The molecule has 1 rings (SSSR count). The van der Waals surface area contributed by atoms with Gasteiger partial charge in [0.05, 0.1) is 6.54 Å². The van der Waals surface area contributed by atoms with Gasteiger partial charge in [0.2, 0.25) is 5.91 Å². The third-order valence-corrected chi connectivity index (χ3v) is 3.80. The predicted molar refractivity (Wildman–Crippen MR) is 73.9 cm³/mol. The second-order valence-corrected chi connectivity index (χ2v) is 6.04. The summed E-state index contributed by atoms with van der Waals surface area (Å²) in [5.41, 5.74) is 0. The molecule has 110 valence electrons. The number of nitrogens with one attached hydrogen (secondary N) is 1. The molecule has 0 aliphatic carbocycles. The Bertz CT molecular complexity index is 321. The van der Waals surface area contributed by atoms with E-state index in [1.165, 1.54) is 0 Å². The highest BCUT2D eigenvalue weighted by molar-refractivity contribution is 5.84. The van der Waals surface area contributed by atoms with Gasteiger partial charge in [0.1, 0.15) is 6.04 Å². The molecule has 19 heavy (non-hydrogen) atoms. The van der Waals surface area contributed by atoms with Crippen molar-refractivity contribution in [3.8, 4) is 0 Å². The molecule has 1 heterocycles. The quantitative estimate of drug-likeness (QED) is 0.767. The lowest BCUT2D eigenvalue weighted by Crippen LogP contribution is -2.48. The number of amides is 1. The monoisotopic (exact) mass is 270 g/mol. The summed E-state index contributed by atoms with van der Waals surface area (Å²) in [6, 6.07) is 0.0176. The first-order chi connectivity index (χ1) is 8.81. The van der Waals surface area contributed by atoms with Crippen LogP contribution in [0, 0.1) is 5.92 Å². The molecule has 0 spiro atoms. The van der Waals surface area contributed by atoms with Crippen molar-refractivity contribution in [1.29, 1.82) is 0 Å². The first-order valence-electron chi connectivity index (χ1n) is 7.09. The van der Waals surface area contributed by atoms with E-state index in [0.717, 1.165) is 12.8 Å². The van der Waals surface area contributed by atoms with Crippen LogP contribution in [0.15, 0.2) is 0 Å². The van der Waals surface area contributed by atoms with E-state index in [1.54, 1.807) is 0 Å². The molecule has 1 aliphatic heterocycles. The van der Waals surface area contributed by atoms with Gasteiger partial charge in [0, 0.05) is 12.1 Å². The summed E-state index contributed by atoms with van der Waals surface area (Å²) in [7, 11) is 0. The van der Waals surface area contributed by atoms with Crippen molar-refractivity contribution in [1.82, 2.24) is 10.2 Å². The Labute approximate surface area is 115 Å². The number of carbonyl (C=O) groups is 2. The standard InChI is InChI=1S/C14H26N2O3/c1-9(2)7-12(14(18)19)15-13(17)8-16-10(3)5-6-11(16)4/h9-12H,5-8H2,1-4H3,(H,15,17)(H,18,19). The number of rotatable bonds is 6. The Morgan fingerprint density at radius 2 is 1.79 bits per heavy atom. The summed E-state index contributed by atoms with van der Waals surface area (Å²) in [6.45, 7) is 8.42. The smallest absolute Gasteiger partial charge is 0.326 e. The largest absolute Gasteiger partial charge is 0.480 e. The SMILES string of the molecule is CC(C)CC(NC(=O)CN1C(C)CCC1C)C(=O)O. The molecule has 1 aliphatic rings. The van der Waals surface area contributed by atoms with Crippen LogP contribution in [0.5, 0.6) is 0 Å². The van der Waals surface area contributed by atoms with Crippen LogP contribution < -0.4 is 5.32 Å². The maximum Gasteiger partial charge on any atom is 0.326 e. The lowest BCUT2D eigenvalue weighted by Gasteiger charge is -2.26. The van der Waals surface area contributed by atoms with Crippen molar-refractivity contribution >= 4 is 11.9 Å². The molecule has 0 aromatic rings. The molecule has 3 unspecified atom stereocenters. The molecule has 0 bridgehead atoms. The second kappa shape index (κ2) is 6.89. The van der Waals surface area contributed by atoms with Crippen molar-refractivity contribution in [3.05, 3.63) is 0 Å². The highest BCUT2D eigenvalue weighted by atomic mass is 16.4. The zero-order chi connectivity index (χ0) is 14.6. The molecular weight excluding hydrogens is 244 g/mol. The molecule has 0 aromatic heterocycles. The average molecular weight is 270 g/mol. The second-order valence-electron chi connectivity index (χ2n) is 6.04. The minimum atomic E-state index is -0.954. The summed E-state index contributed by atoms with van der Waals surface area (Å²) in [5.74, 6) is -0.899. The highest BCUT2D eigenvalue weighted by Gasteiger charge is 2.30. The average Bonchev–Trinajstić information content (AvgIpc) is 2.59. The first-order valence-corrected chi connectivity index (χ1v) is 7.09. The van der Waals surface area contributed by atoms with Crippen molar-refractivity contribution < 1.29 is 14.7 Å². The maximum absolute atomic E-state index is 12.0. The number of carboxylic acid groups (broad SMARTS) is 1. The highest BCUT2D eigenvalue weighted by Crippen LogP contribution is 2.22. The van der Waals surface area contributed by atoms with E-state index in [9.17, 15) is 9.59 Å². The van der Waals surface area contributed by atoms with Crippen LogP contribution in [0.1, 0.15) is 47.0 Å². The molecule has 0 radical (unpaired) electrons. The van der Waals surface area contributed by atoms with Crippen LogP contribution in [0.2, 0.25) is 0 Å². The number of aliphatic carboxylic acids is 1. The Balaban J connectivity index is 2.50. The third-order valence-electron chi connectivity index (χ3n) is 3.80. The lowest BCUT2D eigenvalue weighted by molar-refractivity contribution is -0.142. The molecule has 1 saturated heterocycles. The Morgan fingerprint density at radius 3 is 2.21 bits per heavy atom. The van der Waals surface area contributed by atoms with Crippen molar-refractivity contribution in [2.45, 2.75) is 65.1 Å². The number of carbonyl (C=O) groups excluding carboxylic acids is 1.